The predicted molar refractivity (Wildman–Crippen MR) is 60.8 cm³/mol. The molecule has 0 saturated carbocycles. The molecule has 2 rings (SSSR count). The molecule has 76 valence electrons. The van der Waals surface area contributed by atoms with E-state index in [1.165, 1.54) is 6.92 Å². The Hall–Kier alpha value is -1.90. The smallest absolute Gasteiger partial charge is 0.221 e. The molecular weight excluding hydrogens is 188 g/mol. The molecule has 0 atom stereocenters. The number of hydrogen-bond acceptors (Lipinski definition) is 2. The first-order chi connectivity index (χ1) is 7.18. The van der Waals surface area contributed by atoms with Gasteiger partial charge in [-0.15, -0.1) is 0 Å². The Balaban J connectivity index is 2.68. The normalized spacial score (nSPS) is 10.3. The minimum Gasteiger partial charge on any atom is -0.326 e. The zero-order valence-corrected chi connectivity index (χ0v) is 8.74. The minimum absolute atomic E-state index is 0.0567. The van der Waals surface area contributed by atoms with Crippen molar-refractivity contribution in [2.45, 2.75) is 13.8 Å². The second-order valence-electron chi connectivity index (χ2n) is 3.54. The van der Waals surface area contributed by atoms with Crippen molar-refractivity contribution in [3.8, 4) is 0 Å². The van der Waals surface area contributed by atoms with Gasteiger partial charge in [-0.25, -0.2) is 0 Å². The Morgan fingerprint density at radius 3 is 2.87 bits per heavy atom. The molecule has 1 aromatic carbocycles. The lowest BCUT2D eigenvalue weighted by Crippen LogP contribution is -2.06. The van der Waals surface area contributed by atoms with Crippen molar-refractivity contribution in [3.05, 3.63) is 36.2 Å². The van der Waals surface area contributed by atoms with Crippen LogP contribution in [-0.2, 0) is 4.79 Å². The van der Waals surface area contributed by atoms with E-state index in [1.807, 2.05) is 25.1 Å². The van der Waals surface area contributed by atoms with Gasteiger partial charge < -0.3 is 5.32 Å². The van der Waals surface area contributed by atoms with E-state index in [0.29, 0.717) is 0 Å². The summed E-state index contributed by atoms with van der Waals surface area (Å²) in [6.45, 7) is 3.50. The lowest BCUT2D eigenvalue weighted by molar-refractivity contribution is -0.114. The van der Waals surface area contributed by atoms with E-state index >= 15 is 0 Å². The third kappa shape index (κ3) is 1.81. The van der Waals surface area contributed by atoms with Gasteiger partial charge in [-0.3, -0.25) is 9.78 Å². The Bertz CT molecular complexity index is 515. The number of carbonyl (C=O) groups is 1. The summed E-state index contributed by atoms with van der Waals surface area (Å²) in [6.07, 6.45) is 3.60. The van der Waals surface area contributed by atoms with Crippen LogP contribution in [0.1, 0.15) is 12.5 Å². The first-order valence-electron chi connectivity index (χ1n) is 4.79. The molecule has 0 unspecified atom stereocenters. The number of rotatable bonds is 1. The second kappa shape index (κ2) is 3.69. The van der Waals surface area contributed by atoms with E-state index in [-0.39, 0.29) is 5.91 Å². The summed E-state index contributed by atoms with van der Waals surface area (Å²) >= 11 is 0. The van der Waals surface area contributed by atoms with Crippen LogP contribution in [0, 0.1) is 6.92 Å². The Morgan fingerprint density at radius 2 is 2.13 bits per heavy atom. The van der Waals surface area contributed by atoms with Crippen molar-refractivity contribution < 1.29 is 4.79 Å². The van der Waals surface area contributed by atoms with Gasteiger partial charge in [0, 0.05) is 35.8 Å². The Kier molecular flexibility index (Phi) is 2.37. The molecule has 0 aliphatic rings. The monoisotopic (exact) mass is 200 g/mol. The molecular formula is C12H12N2O. The number of benzene rings is 1. The summed E-state index contributed by atoms with van der Waals surface area (Å²) in [4.78, 5) is 15.2. The quantitative estimate of drug-likeness (QED) is 0.768. The summed E-state index contributed by atoms with van der Waals surface area (Å²) in [6, 6.07) is 5.80. The van der Waals surface area contributed by atoms with Crippen LogP contribution >= 0.6 is 0 Å². The van der Waals surface area contributed by atoms with Gasteiger partial charge in [-0.2, -0.15) is 0 Å². The van der Waals surface area contributed by atoms with Gasteiger partial charge in [-0.05, 0) is 18.6 Å². The van der Waals surface area contributed by atoms with Gasteiger partial charge in [-0.1, -0.05) is 12.1 Å². The fourth-order valence-electron chi connectivity index (χ4n) is 1.71. The van der Waals surface area contributed by atoms with Crippen LogP contribution in [0.2, 0.25) is 0 Å². The summed E-state index contributed by atoms with van der Waals surface area (Å²) in [5.74, 6) is -0.0567. The zero-order valence-electron chi connectivity index (χ0n) is 8.74. The Morgan fingerprint density at radius 1 is 1.33 bits per heavy atom. The van der Waals surface area contributed by atoms with Crippen LogP contribution in [0.25, 0.3) is 10.8 Å². The summed E-state index contributed by atoms with van der Waals surface area (Å²) < 4.78 is 0. The van der Waals surface area contributed by atoms with Crippen molar-refractivity contribution in [3.63, 3.8) is 0 Å². The molecule has 3 nitrogen and oxygen atoms in total. The van der Waals surface area contributed by atoms with Crippen LogP contribution in [0.5, 0.6) is 0 Å². The molecule has 0 aliphatic heterocycles. The SMILES string of the molecule is CC(=O)Nc1cccc2cncc(C)c12. The molecule has 1 aromatic heterocycles. The first-order valence-corrected chi connectivity index (χ1v) is 4.79. The van der Waals surface area contributed by atoms with Gasteiger partial charge in [0.15, 0.2) is 0 Å². The highest BCUT2D eigenvalue weighted by Gasteiger charge is 2.04. The minimum atomic E-state index is -0.0567. The van der Waals surface area contributed by atoms with E-state index in [1.54, 1.807) is 12.4 Å². The number of fused-ring (bicyclic) bond motifs is 1. The molecule has 0 bridgehead atoms. The van der Waals surface area contributed by atoms with E-state index in [0.717, 1.165) is 22.0 Å². The molecule has 15 heavy (non-hydrogen) atoms. The fraction of sp³-hybridized carbons (Fsp3) is 0.167. The average Bonchev–Trinajstić information content (AvgIpc) is 2.17. The molecule has 0 radical (unpaired) electrons. The first kappa shape index (κ1) is 9.65. The van der Waals surface area contributed by atoms with Gasteiger partial charge in [0.2, 0.25) is 5.91 Å². The number of aryl methyl sites for hydroxylation is 1. The molecule has 1 N–H and O–H groups in total. The molecule has 1 amide bonds. The summed E-state index contributed by atoms with van der Waals surface area (Å²) in [5.41, 5.74) is 1.91. The topological polar surface area (TPSA) is 42.0 Å². The lowest BCUT2D eigenvalue weighted by Gasteiger charge is -2.08. The highest BCUT2D eigenvalue weighted by Crippen LogP contribution is 2.25. The molecule has 3 heteroatoms. The summed E-state index contributed by atoms with van der Waals surface area (Å²) in [7, 11) is 0. The number of aromatic nitrogens is 1. The molecule has 2 aromatic rings. The molecule has 1 heterocycles. The van der Waals surface area contributed by atoms with E-state index in [4.69, 9.17) is 0 Å². The van der Waals surface area contributed by atoms with Crippen molar-refractivity contribution in [1.82, 2.24) is 4.98 Å². The lowest BCUT2D eigenvalue weighted by atomic mass is 10.1. The van der Waals surface area contributed by atoms with Crippen molar-refractivity contribution >= 4 is 22.4 Å². The van der Waals surface area contributed by atoms with E-state index < -0.39 is 0 Å². The zero-order chi connectivity index (χ0) is 10.8. The van der Waals surface area contributed by atoms with Crippen LogP contribution in [0.4, 0.5) is 5.69 Å². The standard InChI is InChI=1S/C12H12N2O/c1-8-6-13-7-10-4-3-5-11(12(8)10)14-9(2)15/h3-7H,1-2H3,(H,14,15). The van der Waals surface area contributed by atoms with Crippen LogP contribution in [-0.4, -0.2) is 10.9 Å². The van der Waals surface area contributed by atoms with Crippen LogP contribution in [0.3, 0.4) is 0 Å². The van der Waals surface area contributed by atoms with E-state index in [9.17, 15) is 4.79 Å². The molecule has 0 spiro atoms. The largest absolute Gasteiger partial charge is 0.326 e. The van der Waals surface area contributed by atoms with Crippen molar-refractivity contribution in [1.29, 1.82) is 0 Å². The number of nitrogens with zero attached hydrogens (tertiary/aromatic N) is 1. The van der Waals surface area contributed by atoms with Crippen LogP contribution in [0.15, 0.2) is 30.6 Å². The fourth-order valence-corrected chi connectivity index (χ4v) is 1.71. The van der Waals surface area contributed by atoms with Gasteiger partial charge >= 0.3 is 0 Å². The highest BCUT2D eigenvalue weighted by molar-refractivity contribution is 6.02. The highest BCUT2D eigenvalue weighted by atomic mass is 16.1. The maximum Gasteiger partial charge on any atom is 0.221 e. The third-order valence-corrected chi connectivity index (χ3v) is 2.28. The van der Waals surface area contributed by atoms with Gasteiger partial charge in [0.25, 0.3) is 0 Å². The Labute approximate surface area is 88.1 Å². The molecule has 0 fully saturated rings. The third-order valence-electron chi connectivity index (χ3n) is 2.28. The van der Waals surface area contributed by atoms with E-state index in [2.05, 4.69) is 10.3 Å². The maximum absolute atomic E-state index is 11.0. The summed E-state index contributed by atoms with van der Waals surface area (Å²) in [5, 5.41) is 4.92. The number of anilines is 1. The van der Waals surface area contributed by atoms with Crippen LogP contribution < -0.4 is 5.32 Å². The molecule has 0 aliphatic carbocycles. The molecule has 0 saturated heterocycles. The number of pyridine rings is 1. The average molecular weight is 200 g/mol. The number of amides is 1. The second-order valence-corrected chi connectivity index (χ2v) is 3.54. The van der Waals surface area contributed by atoms with Crippen molar-refractivity contribution in [2.75, 3.05) is 5.32 Å². The number of carbonyl (C=O) groups excluding carboxylic acids is 1. The maximum atomic E-state index is 11.0. The van der Waals surface area contributed by atoms with Crippen molar-refractivity contribution in [2.24, 2.45) is 0 Å². The van der Waals surface area contributed by atoms with Gasteiger partial charge in [0.05, 0.1) is 0 Å². The number of hydrogen-bond donors (Lipinski definition) is 1. The predicted octanol–water partition coefficient (Wildman–Crippen LogP) is 2.50. The number of nitrogens with one attached hydrogen (secondary N) is 1. The van der Waals surface area contributed by atoms with Gasteiger partial charge in [0.1, 0.15) is 0 Å².